The average Bonchev–Trinajstić information content (AvgIpc) is 3.03. The summed E-state index contributed by atoms with van der Waals surface area (Å²) in [6, 6.07) is 1.66. The quantitative estimate of drug-likeness (QED) is 0.920. The lowest BCUT2D eigenvalue weighted by atomic mass is 9.95. The zero-order chi connectivity index (χ0) is 17.2. The van der Waals surface area contributed by atoms with E-state index in [1.54, 1.807) is 17.5 Å². The number of hydrogen-bond acceptors (Lipinski definition) is 6. The highest BCUT2D eigenvalue weighted by molar-refractivity contribution is 7.14. The Hall–Kier alpha value is -2.61. The number of aromatic nitrogens is 3. The van der Waals surface area contributed by atoms with Gasteiger partial charge < -0.3 is 4.74 Å². The van der Waals surface area contributed by atoms with Gasteiger partial charge in [-0.1, -0.05) is 12.2 Å². The Balaban J connectivity index is 1.71. The number of anilines is 1. The molecular weight excluding hydrogens is 331 g/mol. The number of carbonyl (C=O) groups is 1. The fraction of sp³-hybridized carbons (Fsp3) is 0.250. The lowest BCUT2D eigenvalue weighted by Gasteiger charge is -2.18. The first-order valence-electron chi connectivity index (χ1n) is 7.18. The van der Waals surface area contributed by atoms with Crippen LogP contribution in [0.3, 0.4) is 0 Å². The predicted octanol–water partition coefficient (Wildman–Crippen LogP) is 3.16. The molecule has 24 heavy (non-hydrogen) atoms. The normalized spacial score (nSPS) is 19.7. The highest BCUT2D eigenvalue weighted by Gasteiger charge is 2.23. The van der Waals surface area contributed by atoms with Gasteiger partial charge >= 0.3 is 0 Å². The number of alkyl halides is 1. The molecule has 0 aliphatic heterocycles. The highest BCUT2D eigenvalue weighted by atomic mass is 32.1. The topological polar surface area (TPSA) is 77.0 Å². The van der Waals surface area contributed by atoms with Gasteiger partial charge in [-0.05, 0) is 13.0 Å². The van der Waals surface area contributed by atoms with Crippen LogP contribution in [0.5, 0.6) is 5.88 Å². The lowest BCUT2D eigenvalue weighted by Crippen LogP contribution is -2.20. The molecule has 0 aromatic carbocycles. The molecule has 2 aromatic heterocycles. The van der Waals surface area contributed by atoms with E-state index in [1.807, 2.05) is 0 Å². The molecule has 0 saturated heterocycles. The fourth-order valence-corrected chi connectivity index (χ4v) is 2.79. The Kier molecular flexibility index (Phi) is 4.39. The van der Waals surface area contributed by atoms with Gasteiger partial charge in [0.2, 0.25) is 5.88 Å². The molecule has 0 spiro atoms. The summed E-state index contributed by atoms with van der Waals surface area (Å²) < 4.78 is 18.7. The summed E-state index contributed by atoms with van der Waals surface area (Å²) in [7, 11) is 1.52. The second-order valence-corrected chi connectivity index (χ2v) is 6.27. The van der Waals surface area contributed by atoms with Crippen molar-refractivity contribution in [3.8, 4) is 17.3 Å². The van der Waals surface area contributed by atoms with Crippen molar-refractivity contribution in [1.82, 2.24) is 15.0 Å². The van der Waals surface area contributed by atoms with Gasteiger partial charge in [0.25, 0.3) is 5.91 Å². The maximum absolute atomic E-state index is 13.7. The highest BCUT2D eigenvalue weighted by Crippen LogP contribution is 2.27. The molecule has 0 radical (unpaired) electrons. The van der Waals surface area contributed by atoms with Crippen molar-refractivity contribution in [3.05, 3.63) is 41.6 Å². The smallest absolute Gasteiger partial charge is 0.257 e. The molecule has 2 heterocycles. The van der Waals surface area contributed by atoms with Crippen molar-refractivity contribution in [3.63, 3.8) is 0 Å². The van der Waals surface area contributed by atoms with Crippen molar-refractivity contribution < 1.29 is 13.9 Å². The zero-order valence-electron chi connectivity index (χ0n) is 13.1. The van der Waals surface area contributed by atoms with E-state index in [2.05, 4.69) is 20.3 Å². The molecule has 0 saturated carbocycles. The van der Waals surface area contributed by atoms with E-state index in [0.29, 0.717) is 28.0 Å². The number of allylic oxidation sites excluding steroid dienone is 2. The van der Waals surface area contributed by atoms with E-state index < -0.39 is 5.67 Å². The first-order valence-corrected chi connectivity index (χ1v) is 8.06. The van der Waals surface area contributed by atoms with Crippen LogP contribution in [-0.4, -0.2) is 33.6 Å². The van der Waals surface area contributed by atoms with Crippen LogP contribution in [0, 0.1) is 0 Å². The molecule has 8 heteroatoms. The first kappa shape index (κ1) is 16.3. The SMILES string of the molecule is COc1cc(-c2csc(NC(=O)C3=CCC(C)(F)C=C3)n2)ncn1. The van der Waals surface area contributed by atoms with E-state index in [-0.39, 0.29) is 12.3 Å². The van der Waals surface area contributed by atoms with Crippen LogP contribution in [0.25, 0.3) is 11.4 Å². The summed E-state index contributed by atoms with van der Waals surface area (Å²) in [5, 5.41) is 4.93. The summed E-state index contributed by atoms with van der Waals surface area (Å²) >= 11 is 1.28. The van der Waals surface area contributed by atoms with Crippen molar-refractivity contribution in [2.75, 3.05) is 12.4 Å². The Labute approximate surface area is 142 Å². The summed E-state index contributed by atoms with van der Waals surface area (Å²) in [4.78, 5) is 24.6. The van der Waals surface area contributed by atoms with E-state index in [0.717, 1.165) is 0 Å². The van der Waals surface area contributed by atoms with Gasteiger partial charge in [0, 0.05) is 23.4 Å². The van der Waals surface area contributed by atoms with Crippen LogP contribution in [0.15, 0.2) is 41.6 Å². The van der Waals surface area contributed by atoms with Crippen LogP contribution in [-0.2, 0) is 4.79 Å². The third kappa shape index (κ3) is 3.65. The number of halogens is 1. The fourth-order valence-electron chi connectivity index (χ4n) is 2.09. The second kappa shape index (κ2) is 6.48. The number of ether oxygens (including phenoxy) is 1. The molecule has 124 valence electrons. The summed E-state index contributed by atoms with van der Waals surface area (Å²) in [5.41, 5.74) is 0.235. The molecule has 3 rings (SSSR count). The van der Waals surface area contributed by atoms with Gasteiger partial charge in [0.1, 0.15) is 17.7 Å². The maximum Gasteiger partial charge on any atom is 0.257 e. The Morgan fingerprint density at radius 1 is 1.42 bits per heavy atom. The van der Waals surface area contributed by atoms with Gasteiger partial charge in [-0.3, -0.25) is 10.1 Å². The number of methoxy groups -OCH3 is 1. The van der Waals surface area contributed by atoms with Crippen molar-refractivity contribution >= 4 is 22.4 Å². The van der Waals surface area contributed by atoms with Gasteiger partial charge in [0.05, 0.1) is 12.8 Å². The zero-order valence-corrected chi connectivity index (χ0v) is 13.9. The van der Waals surface area contributed by atoms with Crippen molar-refractivity contribution in [2.45, 2.75) is 19.0 Å². The maximum atomic E-state index is 13.7. The van der Waals surface area contributed by atoms with Gasteiger partial charge in [0.15, 0.2) is 5.13 Å². The minimum Gasteiger partial charge on any atom is -0.481 e. The van der Waals surface area contributed by atoms with Gasteiger partial charge in [-0.2, -0.15) is 0 Å². The molecule has 1 unspecified atom stereocenters. The van der Waals surface area contributed by atoms with Crippen LogP contribution >= 0.6 is 11.3 Å². The van der Waals surface area contributed by atoms with Gasteiger partial charge in [-0.15, -0.1) is 11.3 Å². The molecule has 1 atom stereocenters. The first-order chi connectivity index (χ1) is 11.5. The lowest BCUT2D eigenvalue weighted by molar-refractivity contribution is -0.112. The van der Waals surface area contributed by atoms with Gasteiger partial charge in [-0.25, -0.2) is 19.3 Å². The Bertz CT molecular complexity index is 829. The molecule has 1 aliphatic carbocycles. The average molecular weight is 346 g/mol. The number of nitrogens with one attached hydrogen (secondary N) is 1. The van der Waals surface area contributed by atoms with Crippen LogP contribution in [0.4, 0.5) is 9.52 Å². The predicted molar refractivity (Wildman–Crippen MR) is 89.7 cm³/mol. The van der Waals surface area contributed by atoms with E-state index in [1.165, 1.54) is 43.8 Å². The van der Waals surface area contributed by atoms with Crippen molar-refractivity contribution in [2.24, 2.45) is 0 Å². The summed E-state index contributed by atoms with van der Waals surface area (Å²) in [6.45, 7) is 1.47. The molecule has 6 nitrogen and oxygen atoms in total. The molecule has 2 aromatic rings. The minimum absolute atomic E-state index is 0.177. The molecular formula is C16H15FN4O2S. The summed E-state index contributed by atoms with van der Waals surface area (Å²) in [6.07, 6.45) is 6.03. The second-order valence-electron chi connectivity index (χ2n) is 5.41. The monoisotopic (exact) mass is 346 g/mol. The van der Waals surface area contributed by atoms with Crippen molar-refractivity contribution in [1.29, 1.82) is 0 Å². The van der Waals surface area contributed by atoms with E-state index >= 15 is 0 Å². The standard InChI is InChI=1S/C16H15FN4O2S/c1-16(17)5-3-10(4-6-16)14(22)21-15-20-12(8-24-15)11-7-13(23-2)19-9-18-11/h3-5,7-9H,6H2,1-2H3,(H,20,21,22). The third-order valence-electron chi connectivity index (χ3n) is 3.43. The number of rotatable bonds is 4. The third-order valence-corrected chi connectivity index (χ3v) is 4.19. The largest absolute Gasteiger partial charge is 0.481 e. The Morgan fingerprint density at radius 3 is 2.96 bits per heavy atom. The summed E-state index contributed by atoms with van der Waals surface area (Å²) in [5.74, 6) is 0.119. The van der Waals surface area contributed by atoms with E-state index in [4.69, 9.17) is 4.74 Å². The molecule has 1 amide bonds. The number of carbonyl (C=O) groups excluding carboxylic acids is 1. The number of amides is 1. The number of thiazole rings is 1. The number of nitrogens with zero attached hydrogens (tertiary/aromatic N) is 3. The van der Waals surface area contributed by atoms with E-state index in [9.17, 15) is 9.18 Å². The molecule has 0 bridgehead atoms. The Morgan fingerprint density at radius 2 is 2.25 bits per heavy atom. The molecule has 1 N–H and O–H groups in total. The van der Waals surface area contributed by atoms with Crippen LogP contribution in [0.2, 0.25) is 0 Å². The molecule has 1 aliphatic rings. The van der Waals surface area contributed by atoms with Crippen LogP contribution in [0.1, 0.15) is 13.3 Å². The van der Waals surface area contributed by atoms with Crippen LogP contribution < -0.4 is 10.1 Å². The minimum atomic E-state index is -1.40. The molecule has 0 fully saturated rings. The number of hydrogen-bond donors (Lipinski definition) is 1.